The van der Waals surface area contributed by atoms with Crippen molar-refractivity contribution in [3.63, 3.8) is 0 Å². The highest BCUT2D eigenvalue weighted by Gasteiger charge is 2.12. The van der Waals surface area contributed by atoms with Gasteiger partial charge in [0.2, 0.25) is 0 Å². The van der Waals surface area contributed by atoms with Crippen LogP contribution >= 0.6 is 66.7 Å². The van der Waals surface area contributed by atoms with E-state index in [1.807, 2.05) is 12.1 Å². The van der Waals surface area contributed by atoms with Gasteiger partial charge in [-0.05, 0) is 109 Å². The lowest BCUT2D eigenvalue weighted by atomic mass is 10.2. The highest BCUT2D eigenvalue weighted by atomic mass is 79.9. The van der Waals surface area contributed by atoms with E-state index in [1.165, 1.54) is 12.1 Å². The first-order chi connectivity index (χ1) is 20.2. The zero-order valence-electron chi connectivity index (χ0n) is 28.6. The molecule has 0 aromatic heterocycles. The number of halogens is 5. The maximum atomic E-state index is 8.83. The normalized spacial score (nSPS) is 11.3. The summed E-state index contributed by atoms with van der Waals surface area (Å²) in [6.45, 7) is 28.2. The fourth-order valence-corrected chi connectivity index (χ4v) is 5.82. The molecule has 0 spiro atoms. The van der Waals surface area contributed by atoms with Crippen molar-refractivity contribution in [1.29, 1.82) is 0 Å². The zero-order valence-corrected chi connectivity index (χ0v) is 36.0. The lowest BCUT2D eigenvalue weighted by molar-refractivity contribution is 0.0220. The van der Waals surface area contributed by atoms with Crippen LogP contribution in [0, 0.1) is 0 Å². The third-order valence-corrected chi connectivity index (χ3v) is 11.9. The summed E-state index contributed by atoms with van der Waals surface area (Å²) in [4.78, 5) is 2.46. The van der Waals surface area contributed by atoms with Crippen LogP contribution < -0.4 is 4.74 Å². The van der Waals surface area contributed by atoms with Gasteiger partial charge in [-0.15, -0.1) is 0 Å². The molecule has 2 aromatic carbocycles. The van der Waals surface area contributed by atoms with Crippen LogP contribution in [0.3, 0.4) is 0 Å². The van der Waals surface area contributed by atoms with Gasteiger partial charge in [0.15, 0.2) is 6.79 Å². The molecule has 0 atom stereocenters. The van der Waals surface area contributed by atoms with Crippen LogP contribution in [0.25, 0.3) is 0 Å². The van der Waals surface area contributed by atoms with Gasteiger partial charge in [0.05, 0.1) is 10.0 Å². The third-order valence-electron chi connectivity index (χ3n) is 5.86. The number of rotatable bonds is 13. The molecule has 0 aliphatic rings. The highest BCUT2D eigenvalue weighted by molar-refractivity contribution is 9.10. The molecular formula is C32H56Br2Cl3NO4Si2. The standard InChI is InChI=1S/C12H18BrClO2Si.C8H19N.C6H4BrClO.C6H15ClOSi/c1-17(2,3)7-6-15-9-16-10-4-5-11(13)12(14)8-10;1-6-9(7(2)3)8(4)5;7-5-2-1-4(9)3-6(5)8;1-9(2,3)5-4-8-6-7/h4-5,8H,6-7,9H2,1-3H3;7-8H,6H2,1-5H3;1-3,9H;4-6H2,1-3H3. The molecule has 256 valence electrons. The minimum atomic E-state index is -1.01. The number of phenols is 1. The number of phenolic OH excluding ortho intramolecular Hbond substituents is 1. The van der Waals surface area contributed by atoms with Gasteiger partial charge >= 0.3 is 0 Å². The summed E-state index contributed by atoms with van der Waals surface area (Å²) in [5, 5.41) is 10.00. The van der Waals surface area contributed by atoms with E-state index in [4.69, 9.17) is 54.1 Å². The lowest BCUT2D eigenvalue weighted by Gasteiger charge is -2.28. The number of aromatic hydroxyl groups is 1. The molecule has 0 fully saturated rings. The number of nitrogens with zero attached hydrogens (tertiary/aromatic N) is 1. The Morgan fingerprint density at radius 3 is 1.57 bits per heavy atom. The smallest absolute Gasteiger partial charge is 0.189 e. The number of alkyl halides is 1. The van der Waals surface area contributed by atoms with Crippen LogP contribution in [0.2, 0.25) is 61.4 Å². The molecule has 0 bridgehead atoms. The van der Waals surface area contributed by atoms with E-state index in [0.29, 0.717) is 28.2 Å². The average Bonchev–Trinajstić information content (AvgIpc) is 2.88. The van der Waals surface area contributed by atoms with Crippen molar-refractivity contribution in [3.05, 3.63) is 55.4 Å². The molecule has 1 N–H and O–H groups in total. The Morgan fingerprint density at radius 1 is 0.773 bits per heavy atom. The van der Waals surface area contributed by atoms with Gasteiger partial charge in [-0.3, -0.25) is 4.90 Å². The average molecular weight is 841 g/mol. The molecule has 0 saturated heterocycles. The van der Waals surface area contributed by atoms with E-state index in [2.05, 4.69) is 111 Å². The molecule has 0 aliphatic heterocycles. The van der Waals surface area contributed by atoms with Crippen molar-refractivity contribution < 1.29 is 19.3 Å². The molecule has 0 saturated carbocycles. The summed E-state index contributed by atoms with van der Waals surface area (Å²) >= 11 is 23.4. The van der Waals surface area contributed by atoms with Crippen molar-refractivity contribution in [1.82, 2.24) is 4.90 Å². The summed E-state index contributed by atoms with van der Waals surface area (Å²) in [5.41, 5.74) is 0. The van der Waals surface area contributed by atoms with E-state index in [1.54, 1.807) is 18.2 Å². The molecule has 44 heavy (non-hydrogen) atoms. The molecule has 12 heteroatoms. The molecule has 2 aromatic rings. The Hall–Kier alpha value is 0.184. The molecule has 0 aliphatic carbocycles. The predicted molar refractivity (Wildman–Crippen MR) is 207 cm³/mol. The van der Waals surface area contributed by atoms with Crippen molar-refractivity contribution >= 4 is 82.8 Å². The minimum absolute atomic E-state index is 0.184. The molecule has 0 radical (unpaired) electrons. The Morgan fingerprint density at radius 2 is 1.23 bits per heavy atom. The van der Waals surface area contributed by atoms with Crippen molar-refractivity contribution in [2.75, 3.05) is 32.6 Å². The third kappa shape index (κ3) is 27.3. The van der Waals surface area contributed by atoms with Gasteiger partial charge in [-0.25, -0.2) is 0 Å². The van der Waals surface area contributed by atoms with Gasteiger partial charge in [-0.1, -0.05) is 81.0 Å². The first-order valence-electron chi connectivity index (χ1n) is 14.9. The summed E-state index contributed by atoms with van der Waals surface area (Å²) in [5.74, 6) is 0.911. The molecule has 0 unspecified atom stereocenters. The van der Waals surface area contributed by atoms with Gasteiger partial charge in [-0.2, -0.15) is 0 Å². The fraction of sp³-hybridized carbons (Fsp3) is 0.625. The summed E-state index contributed by atoms with van der Waals surface area (Å²) in [6, 6.07) is 14.3. The summed E-state index contributed by atoms with van der Waals surface area (Å²) in [7, 11) is -1.89. The second kappa shape index (κ2) is 25.2. The molecule has 0 heterocycles. The van der Waals surface area contributed by atoms with E-state index in [0.717, 1.165) is 40.5 Å². The molecule has 0 amide bonds. The molecule has 5 nitrogen and oxygen atoms in total. The van der Waals surface area contributed by atoms with Gasteiger partial charge < -0.3 is 19.3 Å². The minimum Gasteiger partial charge on any atom is -0.508 e. The quantitative estimate of drug-likeness (QED) is 0.0942. The molecule has 2 rings (SSSR count). The number of hydrogen-bond acceptors (Lipinski definition) is 5. The Balaban J connectivity index is 0. The van der Waals surface area contributed by atoms with Crippen LogP contribution in [0.4, 0.5) is 0 Å². The van der Waals surface area contributed by atoms with Crippen LogP contribution in [0.15, 0.2) is 45.3 Å². The Kier molecular flexibility index (Phi) is 26.6. The number of benzene rings is 2. The van der Waals surface area contributed by atoms with Gasteiger partial charge in [0.1, 0.15) is 17.6 Å². The second-order valence-corrected chi connectivity index (χ2v) is 27.0. The fourth-order valence-electron chi connectivity index (χ4n) is 3.36. The SMILES string of the molecule is CCN(C(C)C)C(C)C.C[Si](C)(C)CCOCCl.C[Si](C)(C)CCOCOc1ccc(Br)c(Cl)c1.Oc1ccc(Br)c(Cl)c1. The first-order valence-corrected chi connectivity index (χ1v) is 25.2. The summed E-state index contributed by atoms with van der Waals surface area (Å²) < 4.78 is 17.6. The Labute approximate surface area is 302 Å². The van der Waals surface area contributed by atoms with Gasteiger partial charge in [0, 0.05) is 56.5 Å². The topological polar surface area (TPSA) is 51.2 Å². The zero-order chi connectivity index (χ0) is 34.5. The van der Waals surface area contributed by atoms with E-state index in [9.17, 15) is 0 Å². The highest BCUT2D eigenvalue weighted by Crippen LogP contribution is 2.27. The van der Waals surface area contributed by atoms with E-state index >= 15 is 0 Å². The van der Waals surface area contributed by atoms with Gasteiger partial charge in [0.25, 0.3) is 0 Å². The predicted octanol–water partition coefficient (Wildman–Crippen LogP) is 12.3. The largest absolute Gasteiger partial charge is 0.508 e. The van der Waals surface area contributed by atoms with Crippen LogP contribution in [0.5, 0.6) is 11.5 Å². The second-order valence-electron chi connectivity index (χ2n) is 13.0. The van der Waals surface area contributed by atoms with Crippen molar-refractivity contribution in [2.45, 2.75) is 98.1 Å². The summed E-state index contributed by atoms with van der Waals surface area (Å²) in [6.07, 6.45) is 0. The van der Waals surface area contributed by atoms with Crippen molar-refractivity contribution in [2.24, 2.45) is 0 Å². The maximum absolute atomic E-state index is 8.83. The first kappa shape index (κ1) is 46.3. The Bertz CT molecular complexity index is 1020. The monoisotopic (exact) mass is 837 g/mol. The van der Waals surface area contributed by atoms with E-state index < -0.39 is 16.1 Å². The number of hydrogen-bond donors (Lipinski definition) is 1. The van der Waals surface area contributed by atoms with Crippen molar-refractivity contribution in [3.8, 4) is 11.5 Å². The lowest BCUT2D eigenvalue weighted by Crippen LogP contribution is -2.36. The van der Waals surface area contributed by atoms with E-state index in [-0.39, 0.29) is 12.5 Å². The van der Waals surface area contributed by atoms with Crippen LogP contribution in [0.1, 0.15) is 34.6 Å². The van der Waals surface area contributed by atoms with Crippen LogP contribution in [-0.4, -0.2) is 70.9 Å². The molecular weight excluding hydrogens is 785 g/mol. The maximum Gasteiger partial charge on any atom is 0.189 e. The number of ether oxygens (including phenoxy) is 3. The van der Waals surface area contributed by atoms with Crippen LogP contribution in [-0.2, 0) is 9.47 Å².